The van der Waals surface area contributed by atoms with Crippen LogP contribution < -0.4 is 11.5 Å². The molecule has 0 amide bonds. The first-order valence-corrected chi connectivity index (χ1v) is 7.73. The van der Waals surface area contributed by atoms with Gasteiger partial charge in [0.25, 0.3) is 0 Å². The monoisotopic (exact) mass is 260 g/mol. The number of anilines is 1. The summed E-state index contributed by atoms with van der Waals surface area (Å²) < 4.78 is 2.18. The maximum Gasteiger partial charge on any atom is 0.125 e. The molecular formula is C15H24N4. The van der Waals surface area contributed by atoms with E-state index in [1.165, 1.54) is 38.5 Å². The predicted molar refractivity (Wildman–Crippen MR) is 75.5 cm³/mol. The Hall–Kier alpha value is -1.03. The topological polar surface area (TPSA) is 69.9 Å². The van der Waals surface area contributed by atoms with Gasteiger partial charge in [0.05, 0.1) is 11.7 Å². The maximum absolute atomic E-state index is 6.36. The fraction of sp³-hybridized carbons (Fsp3) is 0.800. The van der Waals surface area contributed by atoms with E-state index in [1.807, 2.05) is 6.20 Å². The van der Waals surface area contributed by atoms with Gasteiger partial charge in [0.2, 0.25) is 0 Å². The van der Waals surface area contributed by atoms with Crippen LogP contribution in [0.1, 0.15) is 44.1 Å². The molecule has 0 aromatic carbocycles. The summed E-state index contributed by atoms with van der Waals surface area (Å²) >= 11 is 0. The van der Waals surface area contributed by atoms with E-state index in [2.05, 4.69) is 9.78 Å². The summed E-state index contributed by atoms with van der Waals surface area (Å²) in [6, 6.07) is 0. The van der Waals surface area contributed by atoms with Crippen molar-refractivity contribution < 1.29 is 0 Å². The Bertz CT molecular complexity index is 455. The molecule has 4 aliphatic carbocycles. The summed E-state index contributed by atoms with van der Waals surface area (Å²) in [5.41, 5.74) is 13.4. The second-order valence-corrected chi connectivity index (χ2v) is 7.15. The lowest BCUT2D eigenvalue weighted by Gasteiger charge is -2.56. The Morgan fingerprint density at radius 3 is 2.26 bits per heavy atom. The van der Waals surface area contributed by atoms with E-state index in [9.17, 15) is 0 Å². The van der Waals surface area contributed by atoms with Crippen LogP contribution in [0.3, 0.4) is 0 Å². The van der Waals surface area contributed by atoms with Gasteiger partial charge < -0.3 is 11.5 Å². The van der Waals surface area contributed by atoms with Crippen LogP contribution in [0.5, 0.6) is 0 Å². The molecule has 0 aliphatic heterocycles. The highest BCUT2D eigenvalue weighted by molar-refractivity contribution is 5.40. The van der Waals surface area contributed by atoms with Crippen molar-refractivity contribution in [2.75, 3.05) is 12.3 Å². The van der Waals surface area contributed by atoms with E-state index in [0.29, 0.717) is 6.54 Å². The third-order valence-electron chi connectivity index (χ3n) is 5.76. The zero-order valence-corrected chi connectivity index (χ0v) is 11.5. The third-order valence-corrected chi connectivity index (χ3v) is 5.76. The van der Waals surface area contributed by atoms with Gasteiger partial charge >= 0.3 is 0 Å². The largest absolute Gasteiger partial charge is 0.384 e. The highest BCUT2D eigenvalue weighted by Gasteiger charge is 2.52. The van der Waals surface area contributed by atoms with Crippen molar-refractivity contribution in [2.24, 2.45) is 23.5 Å². The summed E-state index contributed by atoms with van der Waals surface area (Å²) in [6.07, 6.45) is 11.0. The maximum atomic E-state index is 6.36. The van der Waals surface area contributed by atoms with Gasteiger partial charge in [-0.15, -0.1) is 0 Å². The summed E-state index contributed by atoms with van der Waals surface area (Å²) in [4.78, 5) is 0. The minimum absolute atomic E-state index is 0.242. The quantitative estimate of drug-likeness (QED) is 0.872. The fourth-order valence-corrected chi connectivity index (χ4v) is 5.44. The SMILES string of the molecule is NCCc1cnn(C23CC4CC(CC(C4)C2)C3)c1N. The lowest BCUT2D eigenvalue weighted by molar-refractivity contribution is -0.0481. The number of nitrogens with two attached hydrogens (primary N) is 2. The Morgan fingerprint density at radius 2 is 1.74 bits per heavy atom. The second kappa shape index (κ2) is 3.98. The van der Waals surface area contributed by atoms with Crippen LogP contribution in [0, 0.1) is 17.8 Å². The molecule has 0 saturated heterocycles. The Morgan fingerprint density at radius 1 is 1.16 bits per heavy atom. The normalized spacial score (nSPS) is 39.9. The average Bonchev–Trinajstić information content (AvgIpc) is 2.70. The van der Waals surface area contributed by atoms with E-state index in [1.54, 1.807) is 0 Å². The average molecular weight is 260 g/mol. The fourth-order valence-electron chi connectivity index (χ4n) is 5.44. The molecule has 19 heavy (non-hydrogen) atoms. The summed E-state index contributed by atoms with van der Waals surface area (Å²) in [6.45, 7) is 0.650. The molecule has 0 atom stereocenters. The highest BCUT2D eigenvalue weighted by Crippen LogP contribution is 2.59. The number of rotatable bonds is 3. The number of nitrogen functional groups attached to an aromatic ring is 1. The number of aromatic nitrogens is 2. The molecule has 4 saturated carbocycles. The molecule has 4 fully saturated rings. The van der Waals surface area contributed by atoms with Crippen molar-refractivity contribution in [2.45, 2.75) is 50.5 Å². The first-order chi connectivity index (χ1) is 9.20. The molecule has 1 aromatic heterocycles. The third kappa shape index (κ3) is 1.65. The van der Waals surface area contributed by atoms with E-state index in [4.69, 9.17) is 11.5 Å². The van der Waals surface area contributed by atoms with Crippen LogP contribution in [0.2, 0.25) is 0 Å². The van der Waals surface area contributed by atoms with Gasteiger partial charge in [0.1, 0.15) is 5.82 Å². The zero-order chi connectivity index (χ0) is 13.0. The molecule has 5 rings (SSSR count). The minimum atomic E-state index is 0.242. The summed E-state index contributed by atoms with van der Waals surface area (Å²) in [7, 11) is 0. The van der Waals surface area contributed by atoms with Crippen LogP contribution in [-0.4, -0.2) is 16.3 Å². The van der Waals surface area contributed by atoms with Gasteiger partial charge in [-0.05, 0) is 69.2 Å². The van der Waals surface area contributed by atoms with E-state index in [0.717, 1.165) is 35.6 Å². The molecule has 1 aromatic rings. The molecule has 4 N–H and O–H groups in total. The molecule has 1 heterocycles. The lowest BCUT2D eigenvalue weighted by atomic mass is 9.53. The summed E-state index contributed by atoms with van der Waals surface area (Å²) in [5.74, 6) is 3.65. The molecule has 0 radical (unpaired) electrons. The van der Waals surface area contributed by atoms with Crippen molar-refractivity contribution in [1.82, 2.24) is 9.78 Å². The van der Waals surface area contributed by atoms with E-state index in [-0.39, 0.29) is 5.54 Å². The Labute approximate surface area is 114 Å². The Balaban J connectivity index is 1.71. The smallest absolute Gasteiger partial charge is 0.125 e. The second-order valence-electron chi connectivity index (χ2n) is 7.15. The first-order valence-electron chi connectivity index (χ1n) is 7.73. The molecule has 4 bridgehead atoms. The van der Waals surface area contributed by atoms with Crippen molar-refractivity contribution >= 4 is 5.82 Å². The number of nitrogens with zero attached hydrogens (tertiary/aromatic N) is 2. The van der Waals surface area contributed by atoms with Gasteiger partial charge in [-0.25, -0.2) is 4.68 Å². The first kappa shape index (κ1) is 11.8. The van der Waals surface area contributed by atoms with Crippen LogP contribution >= 0.6 is 0 Å². The van der Waals surface area contributed by atoms with Gasteiger partial charge in [-0.1, -0.05) is 0 Å². The van der Waals surface area contributed by atoms with Crippen LogP contribution in [0.15, 0.2) is 6.20 Å². The molecule has 0 unspecified atom stereocenters. The van der Waals surface area contributed by atoms with Crippen molar-refractivity contribution in [3.05, 3.63) is 11.8 Å². The van der Waals surface area contributed by atoms with Crippen LogP contribution in [0.25, 0.3) is 0 Å². The predicted octanol–water partition coefficient (Wildman–Crippen LogP) is 1.89. The molecular weight excluding hydrogens is 236 g/mol. The van der Waals surface area contributed by atoms with Crippen molar-refractivity contribution in [3.63, 3.8) is 0 Å². The molecule has 0 spiro atoms. The van der Waals surface area contributed by atoms with Crippen molar-refractivity contribution in [1.29, 1.82) is 0 Å². The number of hydrogen-bond acceptors (Lipinski definition) is 3. The molecule has 104 valence electrons. The summed E-state index contributed by atoms with van der Waals surface area (Å²) in [5, 5.41) is 4.66. The zero-order valence-electron chi connectivity index (χ0n) is 11.5. The minimum Gasteiger partial charge on any atom is -0.384 e. The van der Waals surface area contributed by atoms with E-state index >= 15 is 0 Å². The highest BCUT2D eigenvalue weighted by atomic mass is 15.4. The Kier molecular flexibility index (Phi) is 2.47. The van der Waals surface area contributed by atoms with Crippen LogP contribution in [0.4, 0.5) is 5.82 Å². The molecule has 4 nitrogen and oxygen atoms in total. The van der Waals surface area contributed by atoms with E-state index < -0.39 is 0 Å². The van der Waals surface area contributed by atoms with Gasteiger partial charge in [0, 0.05) is 5.56 Å². The van der Waals surface area contributed by atoms with Crippen LogP contribution in [-0.2, 0) is 12.0 Å². The molecule has 4 heteroatoms. The number of hydrogen-bond donors (Lipinski definition) is 2. The van der Waals surface area contributed by atoms with Gasteiger partial charge in [0.15, 0.2) is 0 Å². The van der Waals surface area contributed by atoms with Gasteiger partial charge in [-0.2, -0.15) is 5.10 Å². The lowest BCUT2D eigenvalue weighted by Crippen LogP contribution is -2.52. The molecule has 4 aliphatic rings. The standard InChI is InChI=1S/C15H24N4/c16-2-1-13-9-18-19(14(13)17)15-6-10-3-11(7-15)5-12(4-10)8-15/h9-12H,1-8,16-17H2. The van der Waals surface area contributed by atoms with Gasteiger partial charge in [-0.3, -0.25) is 0 Å². The van der Waals surface area contributed by atoms with Crippen molar-refractivity contribution in [3.8, 4) is 0 Å².